The molecular formula is C80H58F12N2O16. The molecule has 2 unspecified atom stereocenters. The maximum atomic E-state index is 16.2. The number of carbonyl (C=O) groups is 6. The molecule has 2 aliphatic rings. The second-order valence-electron chi connectivity index (χ2n) is 25.7. The van der Waals surface area contributed by atoms with Gasteiger partial charge in [-0.3, -0.25) is 29.0 Å². The monoisotopic (exact) mass is 1530 g/mol. The third kappa shape index (κ3) is 15.1. The van der Waals surface area contributed by atoms with Gasteiger partial charge in [-0.1, -0.05) is 109 Å². The number of benzene rings is 11. The molecule has 2 aliphatic heterocycles. The van der Waals surface area contributed by atoms with Crippen LogP contribution in [0.5, 0.6) is 46.0 Å². The molecule has 11 aromatic rings. The van der Waals surface area contributed by atoms with Gasteiger partial charge in [-0.25, -0.2) is 9.59 Å². The summed E-state index contributed by atoms with van der Waals surface area (Å²) in [5.41, 5.74) is -0.505. The van der Waals surface area contributed by atoms with Crippen LogP contribution in [-0.4, -0.2) is 141 Å². The quantitative estimate of drug-likeness (QED) is 0.0129. The first-order valence-corrected chi connectivity index (χ1v) is 33.8. The number of imide groups is 2. The molecule has 18 nitrogen and oxygen atoms in total. The van der Waals surface area contributed by atoms with Crippen molar-refractivity contribution in [3.05, 3.63) is 238 Å². The van der Waals surface area contributed by atoms with Crippen molar-refractivity contribution in [3.8, 4) is 46.0 Å². The summed E-state index contributed by atoms with van der Waals surface area (Å²) in [6.07, 6.45) is -36.4. The van der Waals surface area contributed by atoms with Crippen LogP contribution in [0, 0.1) is 0 Å². The number of esters is 2. The van der Waals surface area contributed by atoms with Gasteiger partial charge in [-0.15, -0.1) is 0 Å². The van der Waals surface area contributed by atoms with Crippen molar-refractivity contribution >= 4 is 78.7 Å². The van der Waals surface area contributed by atoms with E-state index < -0.39 is 153 Å². The highest BCUT2D eigenvalue weighted by atomic mass is 19.4. The minimum Gasteiger partial charge on any atom is -0.457 e. The lowest BCUT2D eigenvalue weighted by Crippen LogP contribution is -2.55. The van der Waals surface area contributed by atoms with Crippen molar-refractivity contribution in [2.45, 2.75) is 87.5 Å². The van der Waals surface area contributed by atoms with Crippen molar-refractivity contribution in [2.24, 2.45) is 0 Å². The third-order valence-electron chi connectivity index (χ3n) is 18.5. The Morgan fingerprint density at radius 2 is 0.536 bits per heavy atom. The highest BCUT2D eigenvalue weighted by Crippen LogP contribution is 2.58. The first kappa shape index (κ1) is 76.3. The molecule has 2 atom stereocenters. The first-order chi connectivity index (χ1) is 52.4. The number of aliphatic hydroxyl groups excluding tert-OH is 4. The van der Waals surface area contributed by atoms with E-state index in [1.807, 2.05) is 0 Å². The van der Waals surface area contributed by atoms with Gasteiger partial charge in [0.2, 0.25) is 0 Å². The molecule has 0 fully saturated rings. The summed E-state index contributed by atoms with van der Waals surface area (Å²) in [7, 11) is 0. The first-order valence-electron chi connectivity index (χ1n) is 33.8. The van der Waals surface area contributed by atoms with Gasteiger partial charge in [0.25, 0.3) is 35.8 Å². The normalized spacial score (nSPS) is 14.0. The number of ether oxygens (including phenoxy) is 6. The van der Waals surface area contributed by atoms with E-state index in [0.717, 1.165) is 24.3 Å². The number of hydrogen-bond donors (Lipinski definition) is 4. The molecule has 110 heavy (non-hydrogen) atoms. The highest BCUT2D eigenvalue weighted by molar-refractivity contribution is 6.45. The van der Waals surface area contributed by atoms with E-state index in [9.17, 15) is 82.7 Å². The molecular weight excluding hydrogens is 1470 g/mol. The molecule has 4 N–H and O–H groups in total. The summed E-state index contributed by atoms with van der Waals surface area (Å²) in [5, 5.41) is 37.3. The summed E-state index contributed by atoms with van der Waals surface area (Å²) < 4.78 is 210. The highest BCUT2D eigenvalue weighted by Gasteiger charge is 2.62. The molecule has 0 spiro atoms. The number of nitrogens with zero attached hydrogens (tertiary/aromatic N) is 2. The number of halogens is 12. The minimum absolute atomic E-state index is 0.0185. The summed E-state index contributed by atoms with van der Waals surface area (Å²) in [6, 6.07) is 35.8. The Bertz CT molecular complexity index is 4760. The molecule has 0 saturated carbocycles. The molecule has 4 amide bonds. The molecule has 0 aromatic heterocycles. The van der Waals surface area contributed by atoms with Gasteiger partial charge < -0.3 is 48.8 Å². The van der Waals surface area contributed by atoms with Crippen molar-refractivity contribution in [2.75, 3.05) is 26.4 Å². The Morgan fingerprint density at radius 1 is 0.309 bits per heavy atom. The van der Waals surface area contributed by atoms with Crippen LogP contribution in [0.2, 0.25) is 0 Å². The van der Waals surface area contributed by atoms with Crippen LogP contribution in [0.15, 0.2) is 182 Å². The molecule has 30 heteroatoms. The van der Waals surface area contributed by atoms with Crippen LogP contribution in [-0.2, 0) is 57.6 Å². The molecule has 2 heterocycles. The van der Waals surface area contributed by atoms with Gasteiger partial charge in [-0.2, -0.15) is 52.7 Å². The van der Waals surface area contributed by atoms with E-state index in [0.29, 0.717) is 22.3 Å². The fourth-order valence-electron chi connectivity index (χ4n) is 13.6. The standard InChI is InChI=1S/C80H58F12N2O16/c81-77(82,83)75(78(84,85)86)109-73(103)55(35-45-7-3-1-4-8-45)93-69(99)51-37-57(105-47-19-11-41(12-20-47)27-31-95)63-65-59(107-49-23-15-43(16-24-49)29-33-97)39-53-62-54(72(102)94(71(53)101)56(36-46-9-5-2-6-10-46)74(104)110-76(79(87,88)89)80(90,91)92)40-60(108-50-25-17-44(18-26-50)30-34-98)66(68(62)65)64-58(38-52(70(93)100)61(51)67(63)64)106-48-21-13-42(14-22-48)28-32-96/h1-26,37-40,55-56,75-76,95-98H,27-36H2. The van der Waals surface area contributed by atoms with Crippen molar-refractivity contribution in [3.63, 3.8) is 0 Å². The number of aliphatic hydroxyl groups is 4. The maximum Gasteiger partial charge on any atom is 0.434 e. The molecule has 11 aromatic carbocycles. The Labute approximate surface area is 614 Å². The van der Waals surface area contributed by atoms with Crippen LogP contribution < -0.4 is 18.9 Å². The molecule has 0 saturated heterocycles. The van der Waals surface area contributed by atoms with E-state index in [1.165, 1.54) is 158 Å². The summed E-state index contributed by atoms with van der Waals surface area (Å²) >= 11 is 0. The number of rotatable bonds is 26. The van der Waals surface area contributed by atoms with Crippen molar-refractivity contribution in [1.29, 1.82) is 0 Å². The van der Waals surface area contributed by atoms with E-state index >= 15 is 19.2 Å². The van der Waals surface area contributed by atoms with Gasteiger partial charge in [0.05, 0.1) is 22.3 Å². The summed E-state index contributed by atoms with van der Waals surface area (Å²) in [6.45, 7) is -1.33. The van der Waals surface area contributed by atoms with Crippen LogP contribution in [0.3, 0.4) is 0 Å². The Kier molecular flexibility index (Phi) is 21.0. The fraction of sp³-hybridized carbons (Fsp3) is 0.225. The average Bonchev–Trinajstić information content (AvgIpc) is 0.670. The van der Waals surface area contributed by atoms with Crippen LogP contribution in [0.1, 0.15) is 74.8 Å². The largest absolute Gasteiger partial charge is 0.457 e. The van der Waals surface area contributed by atoms with Crippen molar-refractivity contribution < 1.29 is 130 Å². The zero-order valence-electron chi connectivity index (χ0n) is 56.8. The Hall–Kier alpha value is -11.9. The second-order valence-corrected chi connectivity index (χ2v) is 25.7. The number of amides is 4. The number of alkyl halides is 12. The van der Waals surface area contributed by atoms with Crippen molar-refractivity contribution in [1.82, 2.24) is 9.80 Å². The maximum absolute atomic E-state index is 16.2. The topological polar surface area (TPSA) is 245 Å². The van der Waals surface area contributed by atoms with Gasteiger partial charge in [0, 0.05) is 82.4 Å². The van der Waals surface area contributed by atoms with Gasteiger partial charge in [-0.05, 0) is 132 Å². The number of fused-ring (bicyclic) bond motifs is 2. The SMILES string of the molecule is O=C(OC(C(F)(F)F)C(F)(F)F)C(Cc1ccccc1)N1C(=O)c2cc(Oc3ccc(CCO)cc3)c3c4c(Oc5ccc(CCO)cc5)cc5c6c(cc(Oc7ccc(CCO)cc7)c(c7c(Oc8ccc(CCO)cc8)cc(c2c37)C1=O)c64)C(=O)N(C(Cc1ccccc1)C(=O)OC(C(F)(F)F)C(F)(F)F)C5=O. The van der Waals surface area contributed by atoms with E-state index in [4.69, 9.17) is 18.9 Å². The van der Waals surface area contributed by atoms with E-state index in [2.05, 4.69) is 9.47 Å². The summed E-state index contributed by atoms with van der Waals surface area (Å²) in [5.74, 6) is -13.3. The number of hydrogen-bond acceptors (Lipinski definition) is 16. The molecule has 13 rings (SSSR count). The third-order valence-corrected chi connectivity index (χ3v) is 18.5. The Morgan fingerprint density at radius 3 is 0.745 bits per heavy atom. The van der Waals surface area contributed by atoms with Crippen LogP contribution in [0.25, 0.3) is 43.1 Å². The Balaban J connectivity index is 1.19. The smallest absolute Gasteiger partial charge is 0.434 e. The number of carbonyl (C=O) groups excluding carboxylic acids is 6. The van der Waals surface area contributed by atoms with Crippen LogP contribution >= 0.6 is 0 Å². The lowest BCUT2D eigenvalue weighted by molar-refractivity contribution is -0.314. The summed E-state index contributed by atoms with van der Waals surface area (Å²) in [4.78, 5) is 94.2. The molecule has 0 radical (unpaired) electrons. The van der Waals surface area contributed by atoms with E-state index in [-0.39, 0.29) is 128 Å². The lowest BCUT2D eigenvalue weighted by Gasteiger charge is -2.36. The van der Waals surface area contributed by atoms with Gasteiger partial charge >= 0.3 is 36.6 Å². The zero-order chi connectivity index (χ0) is 78.5. The van der Waals surface area contributed by atoms with Gasteiger partial charge in [0.1, 0.15) is 58.1 Å². The average molecular weight is 1530 g/mol. The predicted molar refractivity (Wildman–Crippen MR) is 370 cm³/mol. The lowest BCUT2D eigenvalue weighted by atomic mass is 9.80. The molecule has 0 bridgehead atoms. The molecule has 568 valence electrons. The minimum atomic E-state index is -6.32. The van der Waals surface area contributed by atoms with E-state index in [1.54, 1.807) is 0 Å². The fourth-order valence-corrected chi connectivity index (χ4v) is 13.6. The molecule has 0 aliphatic carbocycles. The second kappa shape index (κ2) is 30.3. The zero-order valence-corrected chi connectivity index (χ0v) is 56.8. The van der Waals surface area contributed by atoms with Gasteiger partial charge in [0.15, 0.2) is 0 Å². The predicted octanol–water partition coefficient (Wildman–Crippen LogP) is 15.5. The van der Waals surface area contributed by atoms with Crippen LogP contribution in [0.4, 0.5) is 52.7 Å².